The Morgan fingerprint density at radius 2 is 2.00 bits per heavy atom. The van der Waals surface area contributed by atoms with E-state index in [-0.39, 0.29) is 18.1 Å². The summed E-state index contributed by atoms with van der Waals surface area (Å²) in [7, 11) is 0. The molecular weight excluding hydrogens is 174 g/mol. The molecule has 0 aromatic carbocycles. The van der Waals surface area contributed by atoms with E-state index < -0.39 is 0 Å². The van der Waals surface area contributed by atoms with Gasteiger partial charge in [0.05, 0.1) is 0 Å². The highest BCUT2D eigenvalue weighted by Gasteiger charge is 2.50. The predicted molar refractivity (Wildman–Crippen MR) is 60.0 cm³/mol. The van der Waals surface area contributed by atoms with Gasteiger partial charge in [0, 0.05) is 12.6 Å². The molecule has 1 rings (SSSR count). The molecule has 0 saturated heterocycles. The van der Waals surface area contributed by atoms with Crippen LogP contribution < -0.4 is 5.73 Å². The first-order valence-corrected chi connectivity index (χ1v) is 5.86. The Balaban J connectivity index is 2.91. The van der Waals surface area contributed by atoms with E-state index in [4.69, 9.17) is 5.73 Å². The highest BCUT2D eigenvalue weighted by atomic mass is 16.3. The van der Waals surface area contributed by atoms with Gasteiger partial charge in [-0.3, -0.25) is 0 Å². The van der Waals surface area contributed by atoms with Gasteiger partial charge < -0.3 is 10.8 Å². The van der Waals surface area contributed by atoms with Gasteiger partial charge in [0.25, 0.3) is 0 Å². The molecule has 2 nitrogen and oxygen atoms in total. The SMILES string of the molecule is CCC(N)C1(CCO)CCCC1(C)C. The second-order valence-electron chi connectivity index (χ2n) is 5.38. The highest BCUT2D eigenvalue weighted by Crippen LogP contribution is 2.56. The fourth-order valence-electron chi connectivity index (χ4n) is 3.36. The molecule has 0 spiro atoms. The summed E-state index contributed by atoms with van der Waals surface area (Å²) in [5.74, 6) is 0. The largest absolute Gasteiger partial charge is 0.396 e. The molecule has 0 radical (unpaired) electrons. The van der Waals surface area contributed by atoms with Crippen LogP contribution in [0.15, 0.2) is 0 Å². The van der Waals surface area contributed by atoms with Gasteiger partial charge in [-0.15, -0.1) is 0 Å². The number of rotatable bonds is 4. The first-order chi connectivity index (χ1) is 6.50. The summed E-state index contributed by atoms with van der Waals surface area (Å²) in [5.41, 5.74) is 6.74. The fraction of sp³-hybridized carbons (Fsp3) is 1.00. The molecule has 3 N–H and O–H groups in total. The molecule has 1 aliphatic rings. The quantitative estimate of drug-likeness (QED) is 0.730. The van der Waals surface area contributed by atoms with E-state index in [1.54, 1.807) is 0 Å². The zero-order valence-corrected chi connectivity index (χ0v) is 9.84. The summed E-state index contributed by atoms with van der Waals surface area (Å²) in [4.78, 5) is 0. The summed E-state index contributed by atoms with van der Waals surface area (Å²) >= 11 is 0. The lowest BCUT2D eigenvalue weighted by Gasteiger charge is -2.46. The Hall–Kier alpha value is -0.0800. The minimum atomic E-state index is 0.177. The third kappa shape index (κ3) is 1.70. The molecule has 1 aliphatic carbocycles. The lowest BCUT2D eigenvalue weighted by molar-refractivity contribution is 0.0407. The van der Waals surface area contributed by atoms with Gasteiger partial charge in [-0.05, 0) is 36.5 Å². The zero-order valence-electron chi connectivity index (χ0n) is 9.84. The topological polar surface area (TPSA) is 46.2 Å². The number of aliphatic hydroxyl groups is 1. The first kappa shape index (κ1) is 12.0. The van der Waals surface area contributed by atoms with Crippen molar-refractivity contribution in [2.75, 3.05) is 6.61 Å². The van der Waals surface area contributed by atoms with Gasteiger partial charge in [0.2, 0.25) is 0 Å². The van der Waals surface area contributed by atoms with Crippen LogP contribution in [-0.4, -0.2) is 17.8 Å². The van der Waals surface area contributed by atoms with Crippen LogP contribution in [-0.2, 0) is 0 Å². The maximum atomic E-state index is 9.21. The molecule has 0 bridgehead atoms. The summed E-state index contributed by atoms with van der Waals surface area (Å²) in [6.07, 6.45) is 5.59. The van der Waals surface area contributed by atoms with Crippen molar-refractivity contribution in [2.45, 2.75) is 58.9 Å². The molecule has 14 heavy (non-hydrogen) atoms. The van der Waals surface area contributed by atoms with Crippen molar-refractivity contribution in [3.8, 4) is 0 Å². The van der Waals surface area contributed by atoms with Crippen molar-refractivity contribution >= 4 is 0 Å². The lowest BCUT2D eigenvalue weighted by atomic mass is 9.61. The Morgan fingerprint density at radius 1 is 1.36 bits per heavy atom. The second-order valence-corrected chi connectivity index (χ2v) is 5.38. The number of aliphatic hydroxyl groups excluding tert-OH is 1. The van der Waals surface area contributed by atoms with E-state index in [9.17, 15) is 5.11 Å². The molecule has 2 atom stereocenters. The Morgan fingerprint density at radius 3 is 2.36 bits per heavy atom. The third-order valence-electron chi connectivity index (χ3n) is 4.48. The Kier molecular flexibility index (Phi) is 3.59. The highest BCUT2D eigenvalue weighted by molar-refractivity contribution is 5.03. The van der Waals surface area contributed by atoms with Crippen LogP contribution in [0, 0.1) is 10.8 Å². The molecule has 0 aromatic rings. The molecule has 0 heterocycles. The van der Waals surface area contributed by atoms with E-state index in [2.05, 4.69) is 20.8 Å². The Bertz CT molecular complexity index is 191. The van der Waals surface area contributed by atoms with E-state index >= 15 is 0 Å². The predicted octanol–water partition coefficient (Wildman–Crippen LogP) is 2.30. The van der Waals surface area contributed by atoms with Crippen LogP contribution in [0.25, 0.3) is 0 Å². The van der Waals surface area contributed by atoms with Gasteiger partial charge in [0.15, 0.2) is 0 Å². The van der Waals surface area contributed by atoms with Crippen molar-refractivity contribution in [3.05, 3.63) is 0 Å². The maximum absolute atomic E-state index is 9.21. The third-order valence-corrected chi connectivity index (χ3v) is 4.48. The monoisotopic (exact) mass is 199 g/mol. The second kappa shape index (κ2) is 4.19. The van der Waals surface area contributed by atoms with E-state index in [1.165, 1.54) is 19.3 Å². The molecule has 2 heteroatoms. The summed E-state index contributed by atoms with van der Waals surface area (Å²) < 4.78 is 0. The number of hydrogen-bond acceptors (Lipinski definition) is 2. The van der Waals surface area contributed by atoms with Gasteiger partial charge >= 0.3 is 0 Å². The molecule has 0 aromatic heterocycles. The van der Waals surface area contributed by atoms with Gasteiger partial charge in [-0.1, -0.05) is 27.2 Å². The normalized spacial score (nSPS) is 33.2. The molecule has 84 valence electrons. The minimum Gasteiger partial charge on any atom is -0.396 e. The smallest absolute Gasteiger partial charge is 0.0437 e. The zero-order chi connectivity index (χ0) is 10.8. The van der Waals surface area contributed by atoms with E-state index in [0.717, 1.165) is 12.8 Å². The van der Waals surface area contributed by atoms with Crippen LogP contribution in [0.5, 0.6) is 0 Å². The summed E-state index contributed by atoms with van der Waals surface area (Å²) in [6.45, 7) is 7.05. The van der Waals surface area contributed by atoms with Gasteiger partial charge in [-0.2, -0.15) is 0 Å². The average Bonchev–Trinajstić information content (AvgIpc) is 2.42. The first-order valence-electron chi connectivity index (χ1n) is 5.86. The van der Waals surface area contributed by atoms with Crippen molar-refractivity contribution in [3.63, 3.8) is 0 Å². The fourth-order valence-corrected chi connectivity index (χ4v) is 3.36. The minimum absolute atomic E-state index is 0.177. The molecule has 2 unspecified atom stereocenters. The number of hydrogen-bond donors (Lipinski definition) is 2. The van der Waals surface area contributed by atoms with Crippen molar-refractivity contribution in [1.82, 2.24) is 0 Å². The van der Waals surface area contributed by atoms with E-state index in [1.807, 2.05) is 0 Å². The van der Waals surface area contributed by atoms with Crippen LogP contribution >= 0.6 is 0 Å². The lowest BCUT2D eigenvalue weighted by Crippen LogP contribution is -2.48. The molecular formula is C12H25NO. The number of nitrogens with two attached hydrogens (primary N) is 1. The standard InChI is InChI=1S/C12H25NO/c1-4-10(13)12(8-9-14)7-5-6-11(12,2)3/h10,14H,4-9,13H2,1-3H3. The van der Waals surface area contributed by atoms with E-state index in [0.29, 0.717) is 5.41 Å². The molecule has 1 fully saturated rings. The summed E-state index contributed by atoms with van der Waals surface area (Å²) in [5, 5.41) is 9.21. The van der Waals surface area contributed by atoms with Crippen molar-refractivity contribution < 1.29 is 5.11 Å². The Labute approximate surface area is 87.9 Å². The van der Waals surface area contributed by atoms with Crippen LogP contribution in [0.1, 0.15) is 52.9 Å². The van der Waals surface area contributed by atoms with Gasteiger partial charge in [0.1, 0.15) is 0 Å². The van der Waals surface area contributed by atoms with Crippen LogP contribution in [0.3, 0.4) is 0 Å². The van der Waals surface area contributed by atoms with Crippen molar-refractivity contribution in [2.24, 2.45) is 16.6 Å². The molecule has 0 aliphatic heterocycles. The van der Waals surface area contributed by atoms with Crippen LogP contribution in [0.2, 0.25) is 0 Å². The maximum Gasteiger partial charge on any atom is 0.0437 e. The molecule has 1 saturated carbocycles. The molecule has 0 amide bonds. The summed E-state index contributed by atoms with van der Waals surface area (Å²) in [6, 6.07) is 0.243. The van der Waals surface area contributed by atoms with Gasteiger partial charge in [-0.25, -0.2) is 0 Å². The van der Waals surface area contributed by atoms with Crippen LogP contribution in [0.4, 0.5) is 0 Å². The average molecular weight is 199 g/mol. The van der Waals surface area contributed by atoms with Crippen molar-refractivity contribution in [1.29, 1.82) is 0 Å².